The van der Waals surface area contributed by atoms with Crippen LogP contribution in [-0.2, 0) is 9.59 Å². The first-order valence-corrected chi connectivity index (χ1v) is 8.41. The maximum atomic E-state index is 12.5. The van der Waals surface area contributed by atoms with E-state index in [-0.39, 0.29) is 35.3 Å². The Balaban J connectivity index is 1.73. The van der Waals surface area contributed by atoms with Gasteiger partial charge in [-0.3, -0.25) is 19.7 Å². The van der Waals surface area contributed by atoms with Crippen LogP contribution in [0.15, 0.2) is 42.5 Å². The topological polar surface area (TPSA) is 92.5 Å². The van der Waals surface area contributed by atoms with Crippen molar-refractivity contribution in [2.75, 3.05) is 16.8 Å². The third-order valence-corrected chi connectivity index (χ3v) is 4.63. The Morgan fingerprint density at radius 3 is 2.54 bits per heavy atom. The zero-order valence-electron chi connectivity index (χ0n) is 13.3. The fourth-order valence-electron chi connectivity index (χ4n) is 2.71. The van der Waals surface area contributed by atoms with Gasteiger partial charge in [0.15, 0.2) is 0 Å². The number of halogens is 2. The fourth-order valence-corrected chi connectivity index (χ4v) is 3.00. The number of hydrogen-bond donors (Lipinski definition) is 1. The lowest BCUT2D eigenvalue weighted by Crippen LogP contribution is -2.28. The first kappa shape index (κ1) is 18.2. The van der Waals surface area contributed by atoms with Crippen molar-refractivity contribution < 1.29 is 14.5 Å². The summed E-state index contributed by atoms with van der Waals surface area (Å²) in [4.78, 5) is 36.5. The number of amides is 2. The molecule has 0 unspecified atom stereocenters. The van der Waals surface area contributed by atoms with E-state index in [4.69, 9.17) is 23.2 Å². The molecule has 0 saturated carbocycles. The Hall–Kier alpha value is -2.64. The van der Waals surface area contributed by atoms with Crippen molar-refractivity contribution in [3.05, 3.63) is 62.6 Å². The summed E-state index contributed by atoms with van der Waals surface area (Å²) < 4.78 is 0. The Morgan fingerprint density at radius 2 is 1.88 bits per heavy atom. The van der Waals surface area contributed by atoms with E-state index in [1.54, 1.807) is 24.3 Å². The zero-order chi connectivity index (χ0) is 18.8. The van der Waals surface area contributed by atoms with Crippen molar-refractivity contribution in [3.8, 4) is 0 Å². The van der Waals surface area contributed by atoms with Crippen LogP contribution in [0.5, 0.6) is 0 Å². The highest BCUT2D eigenvalue weighted by Gasteiger charge is 2.35. The van der Waals surface area contributed by atoms with Gasteiger partial charge in [0.25, 0.3) is 5.69 Å². The SMILES string of the molecule is O=C(Nc1cc([N+](=O)[O-])ccc1Cl)[C@H]1CC(=O)N(c2ccc(Cl)cc2)C1. The molecule has 1 heterocycles. The van der Waals surface area contributed by atoms with Crippen molar-refractivity contribution in [2.45, 2.75) is 6.42 Å². The average molecular weight is 394 g/mol. The number of carbonyl (C=O) groups is 2. The second-order valence-corrected chi connectivity index (χ2v) is 6.64. The van der Waals surface area contributed by atoms with Crippen LogP contribution < -0.4 is 10.2 Å². The van der Waals surface area contributed by atoms with Crippen LogP contribution in [0.25, 0.3) is 0 Å². The van der Waals surface area contributed by atoms with Crippen LogP contribution >= 0.6 is 23.2 Å². The van der Waals surface area contributed by atoms with E-state index in [0.29, 0.717) is 10.7 Å². The van der Waals surface area contributed by atoms with E-state index in [1.807, 2.05) is 0 Å². The van der Waals surface area contributed by atoms with Crippen molar-refractivity contribution >= 4 is 52.1 Å². The minimum atomic E-state index is -0.589. The number of nitro groups is 1. The third-order valence-electron chi connectivity index (χ3n) is 4.05. The molecule has 0 aromatic heterocycles. The number of nitrogens with one attached hydrogen (secondary N) is 1. The van der Waals surface area contributed by atoms with Gasteiger partial charge < -0.3 is 10.2 Å². The maximum absolute atomic E-state index is 12.5. The molecule has 0 bridgehead atoms. The molecular weight excluding hydrogens is 381 g/mol. The molecule has 2 amide bonds. The van der Waals surface area contributed by atoms with Crippen molar-refractivity contribution in [2.24, 2.45) is 5.92 Å². The Labute approximate surface area is 158 Å². The molecule has 7 nitrogen and oxygen atoms in total. The Kier molecular flexibility index (Phi) is 5.11. The number of nitro benzene ring substituents is 1. The molecule has 1 aliphatic rings. The lowest BCUT2D eigenvalue weighted by molar-refractivity contribution is -0.384. The van der Waals surface area contributed by atoms with Gasteiger partial charge in [0.05, 0.1) is 21.6 Å². The molecule has 9 heteroatoms. The third kappa shape index (κ3) is 3.79. The Bertz CT molecular complexity index is 886. The quantitative estimate of drug-likeness (QED) is 0.629. The van der Waals surface area contributed by atoms with E-state index >= 15 is 0 Å². The molecule has 0 spiro atoms. The van der Waals surface area contributed by atoms with Gasteiger partial charge >= 0.3 is 0 Å². The summed E-state index contributed by atoms with van der Waals surface area (Å²) in [5, 5.41) is 14.2. The van der Waals surface area contributed by atoms with Crippen molar-refractivity contribution in [3.63, 3.8) is 0 Å². The minimum Gasteiger partial charge on any atom is -0.324 e. The highest BCUT2D eigenvalue weighted by molar-refractivity contribution is 6.33. The van der Waals surface area contributed by atoms with Crippen molar-refractivity contribution in [1.29, 1.82) is 0 Å². The largest absolute Gasteiger partial charge is 0.324 e. The van der Waals surface area contributed by atoms with Crippen molar-refractivity contribution in [1.82, 2.24) is 0 Å². The van der Waals surface area contributed by atoms with E-state index in [2.05, 4.69) is 5.32 Å². The maximum Gasteiger partial charge on any atom is 0.271 e. The van der Waals surface area contributed by atoms with Gasteiger partial charge in [0, 0.05) is 35.8 Å². The van der Waals surface area contributed by atoms with Gasteiger partial charge in [-0.15, -0.1) is 0 Å². The van der Waals surface area contributed by atoms with Crippen LogP contribution in [0.4, 0.5) is 17.1 Å². The molecular formula is C17H13Cl2N3O4. The summed E-state index contributed by atoms with van der Waals surface area (Å²) in [7, 11) is 0. The first-order valence-electron chi connectivity index (χ1n) is 7.66. The minimum absolute atomic E-state index is 0.0427. The molecule has 1 saturated heterocycles. The summed E-state index contributed by atoms with van der Waals surface area (Å²) in [6.07, 6.45) is 0.0427. The Morgan fingerprint density at radius 1 is 1.19 bits per heavy atom. The molecule has 3 rings (SSSR count). The van der Waals surface area contributed by atoms with Gasteiger partial charge in [-0.1, -0.05) is 23.2 Å². The summed E-state index contributed by atoms with van der Waals surface area (Å²) in [6.45, 7) is 0.207. The lowest BCUT2D eigenvalue weighted by atomic mass is 10.1. The van der Waals surface area contributed by atoms with Gasteiger partial charge in [-0.2, -0.15) is 0 Å². The predicted molar refractivity (Wildman–Crippen MR) is 98.6 cm³/mol. The van der Waals surface area contributed by atoms with Gasteiger partial charge in [-0.25, -0.2) is 0 Å². The van der Waals surface area contributed by atoms with Crippen LogP contribution in [0.3, 0.4) is 0 Å². The number of nitrogens with zero attached hydrogens (tertiary/aromatic N) is 2. The monoisotopic (exact) mass is 393 g/mol. The van der Waals surface area contributed by atoms with E-state index in [9.17, 15) is 19.7 Å². The molecule has 1 N–H and O–H groups in total. The summed E-state index contributed by atoms with van der Waals surface area (Å²) in [5.74, 6) is -1.19. The second kappa shape index (κ2) is 7.31. The van der Waals surface area contributed by atoms with Crippen LogP contribution in [0.1, 0.15) is 6.42 Å². The molecule has 1 fully saturated rings. The van der Waals surface area contributed by atoms with Crippen LogP contribution in [0, 0.1) is 16.0 Å². The summed E-state index contributed by atoms with van der Waals surface area (Å²) >= 11 is 11.8. The van der Waals surface area contributed by atoms with E-state index in [1.165, 1.54) is 23.1 Å². The molecule has 2 aromatic carbocycles. The number of benzene rings is 2. The lowest BCUT2D eigenvalue weighted by Gasteiger charge is -2.17. The molecule has 1 atom stereocenters. The molecule has 0 aliphatic carbocycles. The zero-order valence-corrected chi connectivity index (χ0v) is 14.8. The smallest absolute Gasteiger partial charge is 0.271 e. The predicted octanol–water partition coefficient (Wildman–Crippen LogP) is 3.89. The van der Waals surface area contributed by atoms with Crippen LogP contribution in [0.2, 0.25) is 10.0 Å². The van der Waals surface area contributed by atoms with Gasteiger partial charge in [0.2, 0.25) is 11.8 Å². The first-order chi connectivity index (χ1) is 12.3. The number of hydrogen-bond acceptors (Lipinski definition) is 4. The molecule has 1 aliphatic heterocycles. The van der Waals surface area contributed by atoms with Gasteiger partial charge in [-0.05, 0) is 30.3 Å². The number of carbonyl (C=O) groups excluding carboxylic acids is 2. The number of anilines is 2. The normalized spacial score (nSPS) is 16.6. The number of rotatable bonds is 4. The van der Waals surface area contributed by atoms with Crippen LogP contribution in [-0.4, -0.2) is 23.3 Å². The average Bonchev–Trinajstić information content (AvgIpc) is 2.99. The highest BCUT2D eigenvalue weighted by atomic mass is 35.5. The highest BCUT2D eigenvalue weighted by Crippen LogP contribution is 2.30. The molecule has 2 aromatic rings. The molecule has 0 radical (unpaired) electrons. The summed E-state index contributed by atoms with van der Waals surface area (Å²) in [5.41, 5.74) is 0.612. The van der Waals surface area contributed by atoms with E-state index in [0.717, 1.165) is 0 Å². The molecule has 134 valence electrons. The fraction of sp³-hybridized carbons (Fsp3) is 0.176. The number of non-ortho nitro benzene ring substituents is 1. The standard InChI is InChI=1S/C17H13Cl2N3O4/c18-11-1-3-12(4-2-11)21-9-10(7-16(21)23)17(24)20-15-8-13(22(25)26)5-6-14(15)19/h1-6,8,10H,7,9H2,(H,20,24)/t10-/m0/s1. The molecule has 26 heavy (non-hydrogen) atoms. The second-order valence-electron chi connectivity index (χ2n) is 5.79. The summed E-state index contributed by atoms with van der Waals surface area (Å²) in [6, 6.07) is 10.5. The van der Waals surface area contributed by atoms with Gasteiger partial charge in [0.1, 0.15) is 0 Å². The van der Waals surface area contributed by atoms with E-state index < -0.39 is 16.7 Å².